The normalized spacial score (nSPS) is 10.4. The quantitative estimate of drug-likeness (QED) is 0.568. The fourth-order valence-electron chi connectivity index (χ4n) is 2.68. The summed E-state index contributed by atoms with van der Waals surface area (Å²) in [4.78, 5) is 0. The zero-order valence-corrected chi connectivity index (χ0v) is 17.3. The zero-order chi connectivity index (χ0) is 20.0. The molecule has 0 amide bonds. The van der Waals surface area contributed by atoms with E-state index in [1.54, 1.807) is 13.2 Å². The summed E-state index contributed by atoms with van der Waals surface area (Å²) in [5, 5.41) is 17.5. The van der Waals surface area contributed by atoms with Crippen molar-refractivity contribution in [2.75, 3.05) is 7.11 Å². The molecule has 0 saturated heterocycles. The van der Waals surface area contributed by atoms with E-state index >= 15 is 0 Å². The monoisotopic (exact) mass is 385 g/mol. The van der Waals surface area contributed by atoms with Crippen molar-refractivity contribution in [3.05, 3.63) is 58.4 Å². The Bertz CT molecular complexity index is 927. The molecule has 144 valence electrons. The molecule has 1 heterocycles. The van der Waals surface area contributed by atoms with Crippen LogP contribution < -0.4 is 4.74 Å². The minimum Gasteiger partial charge on any atom is -0.507 e. The standard InChI is InChI=1S/C19H21N3O2S.C2H6/c1-12(2)14-6-9-17(23)16(10-14)18-20-21-19(25)22(18)11-13-4-7-15(24-3)8-5-13;1-2/h4-10,12,23H,11H2,1-3H3,(H,21,25);1-2H3. The molecule has 0 radical (unpaired) electrons. The number of hydrogen-bond acceptors (Lipinski definition) is 4. The molecule has 5 nitrogen and oxygen atoms in total. The highest BCUT2D eigenvalue weighted by Gasteiger charge is 2.15. The number of aromatic amines is 1. The Balaban J connectivity index is 0.00000126. The van der Waals surface area contributed by atoms with Gasteiger partial charge in [0.1, 0.15) is 11.5 Å². The van der Waals surface area contributed by atoms with Gasteiger partial charge >= 0.3 is 0 Å². The van der Waals surface area contributed by atoms with Crippen molar-refractivity contribution in [1.29, 1.82) is 0 Å². The third-order valence-electron chi connectivity index (χ3n) is 4.19. The second kappa shape index (κ2) is 9.37. The van der Waals surface area contributed by atoms with Crippen LogP contribution in [0.5, 0.6) is 11.5 Å². The first-order valence-electron chi connectivity index (χ1n) is 9.11. The molecular formula is C21H27N3O2S. The van der Waals surface area contributed by atoms with Gasteiger partial charge in [-0.1, -0.05) is 45.9 Å². The highest BCUT2D eigenvalue weighted by atomic mass is 32.1. The molecule has 0 unspecified atom stereocenters. The lowest BCUT2D eigenvalue weighted by Gasteiger charge is -2.12. The molecule has 0 aliphatic rings. The van der Waals surface area contributed by atoms with E-state index in [4.69, 9.17) is 17.0 Å². The van der Waals surface area contributed by atoms with E-state index in [2.05, 4.69) is 24.0 Å². The molecule has 0 fully saturated rings. The number of H-pyrrole nitrogens is 1. The Morgan fingerprint density at radius 2 is 1.81 bits per heavy atom. The lowest BCUT2D eigenvalue weighted by Crippen LogP contribution is -2.03. The van der Waals surface area contributed by atoms with Crippen molar-refractivity contribution in [3.8, 4) is 22.9 Å². The zero-order valence-electron chi connectivity index (χ0n) is 16.5. The number of methoxy groups -OCH3 is 1. The molecular weight excluding hydrogens is 358 g/mol. The third-order valence-corrected chi connectivity index (χ3v) is 4.50. The van der Waals surface area contributed by atoms with Crippen LogP contribution in [0.1, 0.15) is 44.7 Å². The molecule has 0 saturated carbocycles. The van der Waals surface area contributed by atoms with Crippen molar-refractivity contribution >= 4 is 12.2 Å². The van der Waals surface area contributed by atoms with Crippen LogP contribution in [-0.4, -0.2) is 27.0 Å². The van der Waals surface area contributed by atoms with E-state index in [9.17, 15) is 5.11 Å². The first-order chi connectivity index (χ1) is 13.0. The summed E-state index contributed by atoms with van der Waals surface area (Å²) in [6.45, 7) is 8.79. The number of nitrogens with zero attached hydrogens (tertiary/aromatic N) is 2. The Morgan fingerprint density at radius 1 is 1.15 bits per heavy atom. The van der Waals surface area contributed by atoms with E-state index in [1.165, 1.54) is 0 Å². The predicted octanol–water partition coefficient (Wildman–Crippen LogP) is 5.52. The Hall–Kier alpha value is -2.60. The van der Waals surface area contributed by atoms with Crippen molar-refractivity contribution in [3.63, 3.8) is 0 Å². The van der Waals surface area contributed by atoms with Crippen molar-refractivity contribution in [2.24, 2.45) is 0 Å². The molecule has 6 heteroatoms. The average Bonchev–Trinajstić information content (AvgIpc) is 3.04. The second-order valence-electron chi connectivity index (χ2n) is 6.22. The van der Waals surface area contributed by atoms with Gasteiger partial charge < -0.3 is 9.84 Å². The van der Waals surface area contributed by atoms with Crippen LogP contribution in [0, 0.1) is 4.77 Å². The molecule has 0 aliphatic heterocycles. The SMILES string of the molecule is CC.COc1ccc(Cn2c(-c3cc(C(C)C)ccc3O)n[nH]c2=S)cc1. The highest BCUT2D eigenvalue weighted by molar-refractivity contribution is 7.71. The molecule has 0 atom stereocenters. The van der Waals surface area contributed by atoms with Gasteiger partial charge in [0.2, 0.25) is 0 Å². The number of nitrogens with one attached hydrogen (secondary N) is 1. The van der Waals surface area contributed by atoms with Crippen LogP contribution in [0.3, 0.4) is 0 Å². The van der Waals surface area contributed by atoms with Gasteiger partial charge in [0.15, 0.2) is 10.6 Å². The summed E-state index contributed by atoms with van der Waals surface area (Å²) in [6.07, 6.45) is 0. The molecule has 3 rings (SSSR count). The Kier molecular flexibility index (Phi) is 7.19. The van der Waals surface area contributed by atoms with Gasteiger partial charge in [0.25, 0.3) is 0 Å². The van der Waals surface area contributed by atoms with Crippen LogP contribution >= 0.6 is 12.2 Å². The second-order valence-corrected chi connectivity index (χ2v) is 6.60. The van der Waals surface area contributed by atoms with E-state index in [-0.39, 0.29) is 5.75 Å². The van der Waals surface area contributed by atoms with Crippen LogP contribution in [0.2, 0.25) is 0 Å². The molecule has 0 spiro atoms. The van der Waals surface area contributed by atoms with Gasteiger partial charge in [0.05, 0.1) is 19.2 Å². The average molecular weight is 386 g/mol. The number of phenols is 1. The van der Waals surface area contributed by atoms with E-state index < -0.39 is 0 Å². The summed E-state index contributed by atoms with van der Waals surface area (Å²) in [5.41, 5.74) is 2.88. The molecule has 0 bridgehead atoms. The van der Waals surface area contributed by atoms with E-state index in [0.717, 1.165) is 16.9 Å². The molecule has 0 aliphatic carbocycles. The van der Waals surface area contributed by atoms with Gasteiger partial charge in [-0.05, 0) is 53.5 Å². The molecule has 27 heavy (non-hydrogen) atoms. The van der Waals surface area contributed by atoms with Gasteiger partial charge in [0, 0.05) is 0 Å². The van der Waals surface area contributed by atoms with E-state index in [0.29, 0.717) is 28.6 Å². The minimum atomic E-state index is 0.189. The Morgan fingerprint density at radius 3 is 2.41 bits per heavy atom. The number of hydrogen-bond donors (Lipinski definition) is 2. The van der Waals surface area contributed by atoms with Crippen LogP contribution in [-0.2, 0) is 6.54 Å². The van der Waals surface area contributed by atoms with Crippen LogP contribution in [0.25, 0.3) is 11.4 Å². The number of rotatable bonds is 5. The lowest BCUT2D eigenvalue weighted by molar-refractivity contribution is 0.414. The predicted molar refractivity (Wildman–Crippen MR) is 112 cm³/mol. The number of benzene rings is 2. The summed E-state index contributed by atoms with van der Waals surface area (Å²) in [7, 11) is 1.64. The van der Waals surface area contributed by atoms with Crippen molar-refractivity contribution in [1.82, 2.24) is 14.8 Å². The molecule has 1 aromatic heterocycles. The fourth-order valence-corrected chi connectivity index (χ4v) is 2.87. The Labute approximate surface area is 165 Å². The van der Waals surface area contributed by atoms with E-state index in [1.807, 2.05) is 54.8 Å². The maximum Gasteiger partial charge on any atom is 0.195 e. The van der Waals surface area contributed by atoms with Crippen LogP contribution in [0.4, 0.5) is 0 Å². The van der Waals surface area contributed by atoms with Gasteiger partial charge in [-0.25, -0.2) is 0 Å². The number of ether oxygens (including phenoxy) is 1. The first-order valence-corrected chi connectivity index (χ1v) is 9.52. The summed E-state index contributed by atoms with van der Waals surface area (Å²) >= 11 is 5.39. The molecule has 3 aromatic rings. The summed E-state index contributed by atoms with van der Waals surface area (Å²) in [5.74, 6) is 1.98. The summed E-state index contributed by atoms with van der Waals surface area (Å²) < 4.78 is 7.59. The smallest absolute Gasteiger partial charge is 0.195 e. The number of phenolic OH excluding ortho intramolecular Hbond substituents is 1. The minimum absolute atomic E-state index is 0.189. The maximum atomic E-state index is 10.3. The van der Waals surface area contributed by atoms with Crippen LogP contribution in [0.15, 0.2) is 42.5 Å². The third kappa shape index (κ3) is 4.77. The number of aromatic hydroxyl groups is 1. The van der Waals surface area contributed by atoms with Gasteiger partial charge in [-0.3, -0.25) is 9.67 Å². The van der Waals surface area contributed by atoms with Crippen molar-refractivity contribution in [2.45, 2.75) is 40.2 Å². The lowest BCUT2D eigenvalue weighted by atomic mass is 10.00. The largest absolute Gasteiger partial charge is 0.507 e. The van der Waals surface area contributed by atoms with Gasteiger partial charge in [-0.15, -0.1) is 0 Å². The maximum absolute atomic E-state index is 10.3. The first kappa shape index (κ1) is 20.7. The van der Waals surface area contributed by atoms with Gasteiger partial charge in [-0.2, -0.15) is 5.10 Å². The highest BCUT2D eigenvalue weighted by Crippen LogP contribution is 2.31. The number of aromatic nitrogens is 3. The molecule has 2 N–H and O–H groups in total. The fraction of sp³-hybridized carbons (Fsp3) is 0.333. The topological polar surface area (TPSA) is 63.1 Å². The summed E-state index contributed by atoms with van der Waals surface area (Å²) in [6, 6.07) is 13.4. The molecule has 2 aromatic carbocycles. The van der Waals surface area contributed by atoms with Crippen molar-refractivity contribution < 1.29 is 9.84 Å².